The molecule has 5 rings (SSSR count). The first kappa shape index (κ1) is 40.3. The number of phosphoric ester groups is 1. The second-order valence-electron chi connectivity index (χ2n) is 17.9. The Hall–Kier alpha value is -1.89. The Morgan fingerprint density at radius 2 is 1.94 bits per heavy atom. The first-order valence-electron chi connectivity index (χ1n) is 18.6. The quantitative estimate of drug-likeness (QED) is 0.156. The summed E-state index contributed by atoms with van der Waals surface area (Å²) in [6.45, 7) is 15.4. The summed E-state index contributed by atoms with van der Waals surface area (Å²) in [7, 11) is 0.987. The number of amides is 1. The van der Waals surface area contributed by atoms with Crippen molar-refractivity contribution in [2.45, 2.75) is 122 Å². The molecule has 13 heteroatoms. The highest BCUT2D eigenvalue weighted by Crippen LogP contribution is 2.70. The molecule has 288 valence electrons. The SMILES string of the molecule is C=C1C=C[C@@]2(C)C(=C1)CC[C@@H]1[C@@H]2[C@@H](O)C[C@@]2(C)[C@H]1C[C@H]1OC(CCC)O[C@]12C(=O)COP(=O)(O)OC(CCNC(=O)OC(C)(C)C)C[N+](C)(C)C. The van der Waals surface area contributed by atoms with Crippen LogP contribution in [0.3, 0.4) is 0 Å². The van der Waals surface area contributed by atoms with Crippen LogP contribution in [0.5, 0.6) is 0 Å². The normalized spacial score (nSPS) is 37.7. The molecule has 1 heterocycles. The third-order valence-electron chi connectivity index (χ3n) is 11.8. The van der Waals surface area contributed by atoms with Gasteiger partial charge in [-0.1, -0.05) is 57.6 Å². The molecule has 51 heavy (non-hydrogen) atoms. The number of carbonyl (C=O) groups excluding carboxylic acids is 2. The number of Topliss-reactive ketones (excluding diaryl/α,β-unsaturated/α-hetero) is 1. The number of phosphoric acid groups is 1. The van der Waals surface area contributed by atoms with Crippen LogP contribution >= 0.6 is 7.82 Å². The molecule has 4 aliphatic carbocycles. The van der Waals surface area contributed by atoms with E-state index in [9.17, 15) is 24.2 Å². The number of hydrogen-bond acceptors (Lipinski definition) is 9. The average Bonchev–Trinajstić information content (AvgIpc) is 3.46. The molecule has 12 nitrogen and oxygen atoms in total. The highest BCUT2D eigenvalue weighted by atomic mass is 31.2. The largest absolute Gasteiger partial charge is 0.473 e. The van der Waals surface area contributed by atoms with Gasteiger partial charge in [0.25, 0.3) is 0 Å². The smallest absolute Gasteiger partial charge is 0.444 e. The number of alkyl carbamates (subject to hydrolysis) is 1. The van der Waals surface area contributed by atoms with Crippen LogP contribution in [0.1, 0.15) is 86.5 Å². The van der Waals surface area contributed by atoms with Gasteiger partial charge in [-0.05, 0) is 76.7 Å². The number of carbonyl (C=O) groups is 2. The van der Waals surface area contributed by atoms with Crippen molar-refractivity contribution in [2.24, 2.45) is 28.6 Å². The van der Waals surface area contributed by atoms with E-state index in [4.69, 9.17) is 23.3 Å². The maximum atomic E-state index is 14.6. The molecule has 0 spiro atoms. The molecule has 0 aromatic carbocycles. The van der Waals surface area contributed by atoms with Gasteiger partial charge >= 0.3 is 13.9 Å². The van der Waals surface area contributed by atoms with E-state index in [1.807, 2.05) is 41.1 Å². The van der Waals surface area contributed by atoms with Gasteiger partial charge in [-0.3, -0.25) is 13.8 Å². The second kappa shape index (κ2) is 14.4. The van der Waals surface area contributed by atoms with Crippen molar-refractivity contribution in [3.63, 3.8) is 0 Å². The van der Waals surface area contributed by atoms with Gasteiger partial charge in [-0.2, -0.15) is 0 Å². The predicted octanol–water partition coefficient (Wildman–Crippen LogP) is 5.83. The van der Waals surface area contributed by atoms with E-state index < -0.39 is 67.5 Å². The van der Waals surface area contributed by atoms with Crippen LogP contribution in [0.15, 0.2) is 36.0 Å². The molecule has 1 aliphatic heterocycles. The lowest BCUT2D eigenvalue weighted by Crippen LogP contribution is -2.63. The van der Waals surface area contributed by atoms with E-state index >= 15 is 0 Å². The number of rotatable bonds is 13. The first-order valence-corrected chi connectivity index (χ1v) is 20.1. The molecular formula is C38H62N2O10P+. The van der Waals surface area contributed by atoms with Crippen molar-refractivity contribution in [1.82, 2.24) is 5.32 Å². The highest BCUT2D eigenvalue weighted by molar-refractivity contribution is 7.47. The fourth-order valence-corrected chi connectivity index (χ4v) is 10.9. The maximum Gasteiger partial charge on any atom is 0.473 e. The number of hydrogen-bond donors (Lipinski definition) is 3. The summed E-state index contributed by atoms with van der Waals surface area (Å²) in [5, 5.41) is 14.7. The van der Waals surface area contributed by atoms with Gasteiger partial charge in [-0.15, -0.1) is 0 Å². The zero-order valence-corrected chi connectivity index (χ0v) is 33.0. The van der Waals surface area contributed by atoms with Crippen molar-refractivity contribution >= 4 is 19.7 Å². The summed E-state index contributed by atoms with van der Waals surface area (Å²) >= 11 is 0. The van der Waals surface area contributed by atoms with E-state index in [2.05, 4.69) is 31.0 Å². The van der Waals surface area contributed by atoms with E-state index in [1.54, 1.807) is 20.8 Å². The molecule has 0 aromatic rings. The summed E-state index contributed by atoms with van der Waals surface area (Å²) in [4.78, 5) is 37.7. The van der Waals surface area contributed by atoms with Crippen LogP contribution in [-0.2, 0) is 32.6 Å². The van der Waals surface area contributed by atoms with Crippen molar-refractivity contribution in [3.8, 4) is 0 Å². The van der Waals surface area contributed by atoms with Gasteiger partial charge in [0.2, 0.25) is 0 Å². The average molecular weight is 738 g/mol. The van der Waals surface area contributed by atoms with Crippen molar-refractivity contribution in [3.05, 3.63) is 36.0 Å². The number of aliphatic hydroxyl groups excluding tert-OH is 1. The van der Waals surface area contributed by atoms with Crippen molar-refractivity contribution < 1.29 is 51.9 Å². The maximum absolute atomic E-state index is 14.6. The van der Waals surface area contributed by atoms with Crippen LogP contribution in [0, 0.1) is 28.6 Å². The third kappa shape index (κ3) is 8.14. The zero-order valence-electron chi connectivity index (χ0n) is 32.1. The van der Waals surface area contributed by atoms with E-state index in [-0.39, 0.29) is 36.1 Å². The number of fused-ring (bicyclic) bond motifs is 7. The van der Waals surface area contributed by atoms with Crippen LogP contribution in [0.2, 0.25) is 0 Å². The first-order chi connectivity index (χ1) is 23.5. The van der Waals surface area contributed by atoms with E-state index in [1.165, 1.54) is 5.57 Å². The van der Waals surface area contributed by atoms with Crippen molar-refractivity contribution in [2.75, 3.05) is 40.8 Å². The number of nitrogens with one attached hydrogen (secondary N) is 1. The molecule has 11 atom stereocenters. The Morgan fingerprint density at radius 3 is 2.59 bits per heavy atom. The van der Waals surface area contributed by atoms with Crippen LogP contribution in [0.25, 0.3) is 0 Å². The number of ether oxygens (including phenoxy) is 3. The molecule has 0 radical (unpaired) electrons. The number of allylic oxidation sites excluding steroid dienone is 5. The van der Waals surface area contributed by atoms with Gasteiger partial charge in [0.05, 0.1) is 33.4 Å². The lowest BCUT2D eigenvalue weighted by Gasteiger charge is -2.60. The lowest BCUT2D eigenvalue weighted by molar-refractivity contribution is -0.873. The predicted molar refractivity (Wildman–Crippen MR) is 192 cm³/mol. The number of ketones is 1. The molecule has 0 aromatic heterocycles. The van der Waals surface area contributed by atoms with Gasteiger partial charge < -0.3 is 34.0 Å². The fourth-order valence-electron chi connectivity index (χ4n) is 9.99. The van der Waals surface area contributed by atoms with Gasteiger partial charge in [0.15, 0.2) is 17.7 Å². The van der Waals surface area contributed by atoms with Crippen LogP contribution < -0.4 is 5.32 Å². The number of likely N-dealkylation sites (N-methyl/N-ethyl adjacent to an activating group) is 1. The Kier molecular flexibility index (Phi) is 11.4. The molecule has 1 amide bonds. The Labute approximate surface area is 304 Å². The monoisotopic (exact) mass is 737 g/mol. The summed E-state index contributed by atoms with van der Waals surface area (Å²) in [6.07, 6.45) is 7.35. The molecule has 5 aliphatic rings. The molecule has 3 saturated carbocycles. The molecular weight excluding hydrogens is 675 g/mol. The summed E-state index contributed by atoms with van der Waals surface area (Å²) < 4.78 is 43.5. The lowest BCUT2D eigenvalue weighted by atomic mass is 9.46. The molecule has 3 N–H and O–H groups in total. The van der Waals surface area contributed by atoms with Gasteiger partial charge in [0.1, 0.15) is 24.9 Å². The number of aliphatic hydroxyl groups is 1. The summed E-state index contributed by atoms with van der Waals surface area (Å²) in [6, 6.07) is 0. The number of nitrogens with zero attached hydrogens (tertiary/aromatic N) is 1. The Morgan fingerprint density at radius 1 is 1.24 bits per heavy atom. The van der Waals surface area contributed by atoms with E-state index in [0.717, 1.165) is 24.8 Å². The highest BCUT2D eigenvalue weighted by Gasteiger charge is 2.75. The standard InChI is InChI=1S/C38H61N2O10P/c1-11-12-32-47-31-20-28-27-14-13-25-19-24(2)15-17-36(25,6)33(27)29(41)21-37(28,7)38(31,48-32)30(42)23-46-51(44,45)50-26(22-40(8,9)10)16-18-39-34(43)49-35(3,4)5/h15,17,19,26-29,31-33,41H,2,11-14,16,18,20-23H2,1,3-10H3,(H-,39,43,44,45)/p+1/t26?,27-,28-,29-,31+,32?,33+,36-,37-,38+/m0/s1. The summed E-state index contributed by atoms with van der Waals surface area (Å²) in [5.74, 6) is -0.390. The molecule has 3 unspecified atom stereocenters. The van der Waals surface area contributed by atoms with Crippen LogP contribution in [0.4, 0.5) is 4.79 Å². The minimum Gasteiger partial charge on any atom is -0.444 e. The Balaban J connectivity index is 1.34. The van der Waals surface area contributed by atoms with Gasteiger partial charge in [0, 0.05) is 23.3 Å². The third-order valence-corrected chi connectivity index (χ3v) is 12.9. The fraction of sp³-hybridized carbons (Fsp3) is 0.789. The minimum atomic E-state index is -4.76. The Bertz CT molecular complexity index is 1470. The topological polar surface area (TPSA) is 150 Å². The van der Waals surface area contributed by atoms with Crippen molar-refractivity contribution in [1.29, 1.82) is 0 Å². The minimum absolute atomic E-state index is 0.0166. The summed E-state index contributed by atoms with van der Waals surface area (Å²) in [5.41, 5.74) is -1.00. The number of quaternary nitrogens is 1. The van der Waals surface area contributed by atoms with Crippen LogP contribution in [-0.4, -0.2) is 103 Å². The van der Waals surface area contributed by atoms with E-state index in [0.29, 0.717) is 30.3 Å². The molecule has 0 bridgehead atoms. The van der Waals surface area contributed by atoms with Gasteiger partial charge in [-0.25, -0.2) is 9.36 Å². The zero-order chi connectivity index (χ0) is 37.8. The molecule has 4 fully saturated rings. The second-order valence-corrected chi connectivity index (χ2v) is 19.3. The molecule has 1 saturated heterocycles.